The number of carbonyl (C=O) groups is 3. The summed E-state index contributed by atoms with van der Waals surface area (Å²) < 4.78 is 13.6. The molecule has 0 unspecified atom stereocenters. The molecule has 232 valence electrons. The highest BCUT2D eigenvalue weighted by Crippen LogP contribution is 2.60. The first kappa shape index (κ1) is 30.2. The van der Waals surface area contributed by atoms with Crippen molar-refractivity contribution in [3.05, 3.63) is 91.9 Å². The van der Waals surface area contributed by atoms with Crippen molar-refractivity contribution in [3.8, 4) is 11.5 Å². The van der Waals surface area contributed by atoms with E-state index in [-0.39, 0.29) is 11.0 Å². The molecule has 5 aliphatic rings. The quantitative estimate of drug-likeness (QED) is 0.186. The van der Waals surface area contributed by atoms with Crippen LogP contribution < -0.4 is 19.7 Å². The molecular weight excluding hydrogens is 700 g/mol. The van der Waals surface area contributed by atoms with Gasteiger partial charge in [0.05, 0.1) is 16.8 Å². The van der Waals surface area contributed by atoms with Gasteiger partial charge in [0.2, 0.25) is 0 Å². The van der Waals surface area contributed by atoms with E-state index >= 15 is 0 Å². The van der Waals surface area contributed by atoms with E-state index < -0.39 is 17.8 Å². The zero-order chi connectivity index (χ0) is 31.3. The van der Waals surface area contributed by atoms with E-state index in [1.165, 1.54) is 50.2 Å². The van der Waals surface area contributed by atoms with Crippen molar-refractivity contribution < 1.29 is 23.9 Å². The fraction of sp³-hybridized carbons (Fsp3) is 0.361. The smallest absolute Gasteiger partial charge is 0.335 e. The molecule has 8 rings (SSSR count). The molecule has 4 bridgehead atoms. The van der Waals surface area contributed by atoms with Gasteiger partial charge in [-0.1, -0.05) is 40.2 Å². The Bertz CT molecular complexity index is 1660. The van der Waals surface area contributed by atoms with Crippen molar-refractivity contribution in [1.29, 1.82) is 0 Å². The van der Waals surface area contributed by atoms with Crippen LogP contribution in [0, 0.1) is 17.8 Å². The lowest BCUT2D eigenvalue weighted by Gasteiger charge is -2.57. The topological polar surface area (TPSA) is 84.9 Å². The number of barbiturate groups is 1. The largest absolute Gasteiger partial charge is 0.490 e. The number of rotatable bonds is 8. The fourth-order valence-corrected chi connectivity index (χ4v) is 9.14. The highest BCUT2D eigenvalue weighted by atomic mass is 79.9. The van der Waals surface area contributed by atoms with Crippen LogP contribution >= 0.6 is 31.9 Å². The van der Waals surface area contributed by atoms with Crippen molar-refractivity contribution in [2.24, 2.45) is 17.8 Å². The van der Waals surface area contributed by atoms with Crippen LogP contribution in [-0.2, 0) is 21.6 Å². The molecule has 0 radical (unpaired) electrons. The Balaban J connectivity index is 1.14. The van der Waals surface area contributed by atoms with Gasteiger partial charge in [0.1, 0.15) is 12.2 Å². The monoisotopic (exact) mass is 732 g/mol. The molecule has 3 aromatic rings. The molecule has 4 aliphatic carbocycles. The Kier molecular flexibility index (Phi) is 8.10. The zero-order valence-corrected chi connectivity index (χ0v) is 28.2. The molecule has 4 saturated carbocycles. The predicted octanol–water partition coefficient (Wildman–Crippen LogP) is 8.32. The SMILES string of the molecule is CCOc1cc(/C=C2\C(=O)NC(=O)N(c3ccc(C45CC6CC(CC(C6)C4)C5)cc3)C2=O)cc(Br)c1OCc1ccc(Br)cc1. The number of imide groups is 2. The molecule has 0 atom stereocenters. The van der Waals surface area contributed by atoms with E-state index in [0.29, 0.717) is 40.4 Å². The number of benzene rings is 3. The summed E-state index contributed by atoms with van der Waals surface area (Å²) in [6, 6.07) is 18.4. The van der Waals surface area contributed by atoms with Crippen LogP contribution in [0.4, 0.5) is 10.5 Å². The summed E-state index contributed by atoms with van der Waals surface area (Å²) in [5.41, 5.74) is 3.35. The van der Waals surface area contributed by atoms with Crippen molar-refractivity contribution in [3.63, 3.8) is 0 Å². The number of hydrogen-bond acceptors (Lipinski definition) is 5. The minimum absolute atomic E-state index is 0.141. The van der Waals surface area contributed by atoms with E-state index in [9.17, 15) is 14.4 Å². The summed E-state index contributed by atoms with van der Waals surface area (Å²) in [5.74, 6) is 2.02. The molecule has 9 heteroatoms. The number of amides is 4. The molecule has 7 nitrogen and oxygen atoms in total. The lowest BCUT2D eigenvalue weighted by Crippen LogP contribution is -2.54. The average Bonchev–Trinajstić information content (AvgIpc) is 2.99. The zero-order valence-electron chi connectivity index (χ0n) is 25.0. The van der Waals surface area contributed by atoms with Crippen molar-refractivity contribution >= 4 is 61.5 Å². The standard InChI is InChI=1S/C36H34Br2N2O5/c1-2-44-31-16-22(15-30(38)32(31)45-20-21-3-7-27(37)8-4-21)14-29-33(41)39-35(43)40(34(29)42)28-9-5-26(6-10-28)36-17-23-11-24(18-36)13-25(12-23)19-36/h3-10,14-16,23-25H,2,11-13,17-20H2,1H3,(H,39,41,43)/b29-14+. The lowest BCUT2D eigenvalue weighted by atomic mass is 9.48. The van der Waals surface area contributed by atoms with E-state index in [1.54, 1.807) is 12.1 Å². The van der Waals surface area contributed by atoms with Gasteiger partial charge < -0.3 is 9.47 Å². The van der Waals surface area contributed by atoms with Crippen LogP contribution in [0.25, 0.3) is 6.08 Å². The van der Waals surface area contributed by atoms with E-state index in [1.807, 2.05) is 43.3 Å². The van der Waals surface area contributed by atoms with E-state index in [2.05, 4.69) is 49.3 Å². The highest BCUT2D eigenvalue weighted by Gasteiger charge is 2.51. The fourth-order valence-electron chi connectivity index (χ4n) is 8.30. The number of hydrogen-bond donors (Lipinski definition) is 1. The second-order valence-corrected chi connectivity index (χ2v) is 14.7. The summed E-state index contributed by atoms with van der Waals surface area (Å²) >= 11 is 7.02. The normalized spacial score (nSPS) is 26.4. The van der Waals surface area contributed by atoms with Crippen molar-refractivity contribution in [1.82, 2.24) is 5.32 Å². The molecule has 1 saturated heterocycles. The highest BCUT2D eigenvalue weighted by molar-refractivity contribution is 9.10. The number of anilines is 1. The maximum atomic E-state index is 13.7. The Morgan fingerprint density at radius 3 is 2.16 bits per heavy atom. The van der Waals surface area contributed by atoms with Crippen LogP contribution in [0.1, 0.15) is 62.1 Å². The minimum atomic E-state index is -0.752. The molecule has 1 heterocycles. The molecular formula is C36H34Br2N2O5. The van der Waals surface area contributed by atoms with Crippen LogP contribution in [-0.4, -0.2) is 24.5 Å². The molecule has 1 N–H and O–H groups in total. The summed E-state index contributed by atoms with van der Waals surface area (Å²) in [7, 11) is 0. The third kappa shape index (κ3) is 5.85. The maximum absolute atomic E-state index is 13.7. The Morgan fingerprint density at radius 1 is 0.889 bits per heavy atom. The third-order valence-corrected chi connectivity index (χ3v) is 10.9. The van der Waals surface area contributed by atoms with Gasteiger partial charge in [-0.15, -0.1) is 0 Å². The maximum Gasteiger partial charge on any atom is 0.335 e. The van der Waals surface area contributed by atoms with Crippen LogP contribution in [0.5, 0.6) is 11.5 Å². The van der Waals surface area contributed by atoms with Gasteiger partial charge in [0, 0.05) is 4.47 Å². The molecule has 1 aliphatic heterocycles. The number of nitrogens with one attached hydrogen (secondary N) is 1. The first-order valence-electron chi connectivity index (χ1n) is 15.6. The molecule has 45 heavy (non-hydrogen) atoms. The van der Waals surface area contributed by atoms with E-state index in [0.717, 1.165) is 32.7 Å². The molecule has 0 spiro atoms. The summed E-state index contributed by atoms with van der Waals surface area (Å²) in [6.07, 6.45) is 9.28. The molecule has 4 amide bonds. The lowest BCUT2D eigenvalue weighted by molar-refractivity contribution is -0.122. The number of nitrogens with zero attached hydrogens (tertiary/aromatic N) is 1. The number of halogens is 2. The molecule has 3 aromatic carbocycles. The second kappa shape index (κ2) is 12.1. The van der Waals surface area contributed by atoms with Gasteiger partial charge in [-0.3, -0.25) is 14.9 Å². The van der Waals surface area contributed by atoms with Gasteiger partial charge in [0.15, 0.2) is 11.5 Å². The summed E-state index contributed by atoms with van der Waals surface area (Å²) in [5, 5.41) is 2.35. The first-order valence-corrected chi connectivity index (χ1v) is 17.2. The van der Waals surface area contributed by atoms with Gasteiger partial charge >= 0.3 is 6.03 Å². The average molecular weight is 734 g/mol. The van der Waals surface area contributed by atoms with Crippen LogP contribution in [0.3, 0.4) is 0 Å². The number of carbonyl (C=O) groups excluding carboxylic acids is 3. The Labute approximate surface area is 279 Å². The summed E-state index contributed by atoms with van der Waals surface area (Å²) in [6.45, 7) is 2.59. The van der Waals surface area contributed by atoms with E-state index in [4.69, 9.17) is 9.47 Å². The molecule has 0 aromatic heterocycles. The van der Waals surface area contributed by atoms with Crippen molar-refractivity contribution in [2.45, 2.75) is 57.5 Å². The first-order chi connectivity index (χ1) is 21.7. The van der Waals surface area contributed by atoms with Crippen molar-refractivity contribution in [2.75, 3.05) is 11.5 Å². The second-order valence-electron chi connectivity index (χ2n) is 12.9. The van der Waals surface area contributed by atoms with Gasteiger partial charge in [-0.05, 0) is 144 Å². The minimum Gasteiger partial charge on any atom is -0.490 e. The summed E-state index contributed by atoms with van der Waals surface area (Å²) in [4.78, 5) is 40.7. The molecule has 5 fully saturated rings. The van der Waals surface area contributed by atoms with Gasteiger partial charge in [-0.25, -0.2) is 9.69 Å². The third-order valence-electron chi connectivity index (χ3n) is 9.82. The van der Waals surface area contributed by atoms with Crippen LogP contribution in [0.15, 0.2) is 75.2 Å². The Morgan fingerprint density at radius 2 is 1.53 bits per heavy atom. The predicted molar refractivity (Wildman–Crippen MR) is 179 cm³/mol. The number of ether oxygens (including phenoxy) is 2. The van der Waals surface area contributed by atoms with Crippen LogP contribution in [0.2, 0.25) is 0 Å². The van der Waals surface area contributed by atoms with Gasteiger partial charge in [-0.2, -0.15) is 0 Å². The number of urea groups is 1. The van der Waals surface area contributed by atoms with Gasteiger partial charge in [0.25, 0.3) is 11.8 Å². The Hall–Kier alpha value is -3.43.